The topological polar surface area (TPSA) is 49.4 Å². The molecule has 1 N–H and O–H groups in total. The van der Waals surface area contributed by atoms with Crippen molar-refractivity contribution in [2.75, 3.05) is 40.4 Å². The predicted octanol–water partition coefficient (Wildman–Crippen LogP) is 4.07. The van der Waals surface area contributed by atoms with Gasteiger partial charge in [-0.15, -0.1) is 0 Å². The number of quaternary nitrogens is 1. The largest absolute Gasteiger partial charge is 0.356 e. The molecule has 1 rings (SSSR count). The number of carbonyl (C=O) groups excluding carboxylic acids is 2. The van der Waals surface area contributed by atoms with Gasteiger partial charge in [0.15, 0.2) is 6.67 Å². The van der Waals surface area contributed by atoms with Gasteiger partial charge in [0.25, 0.3) is 0 Å². The second-order valence-corrected chi connectivity index (χ2v) is 8.84. The molecule has 2 amide bonds. The summed E-state index contributed by atoms with van der Waals surface area (Å²) >= 11 is 0. The van der Waals surface area contributed by atoms with Crippen LogP contribution in [-0.2, 0) is 9.59 Å². The summed E-state index contributed by atoms with van der Waals surface area (Å²) in [7, 11) is 4.32. The Morgan fingerprint density at radius 1 is 1.00 bits per heavy atom. The minimum atomic E-state index is 0.193. The fraction of sp³-hybridized carbons (Fsp3) is 0.909. The van der Waals surface area contributed by atoms with Crippen molar-refractivity contribution in [1.82, 2.24) is 10.2 Å². The second kappa shape index (κ2) is 14.0. The molecule has 0 spiro atoms. The van der Waals surface area contributed by atoms with Crippen LogP contribution in [0.3, 0.4) is 0 Å². The van der Waals surface area contributed by atoms with E-state index in [0.717, 1.165) is 50.0 Å². The van der Waals surface area contributed by atoms with Crippen molar-refractivity contribution in [3.05, 3.63) is 0 Å². The summed E-state index contributed by atoms with van der Waals surface area (Å²) in [5.74, 6) is 0.480. The van der Waals surface area contributed by atoms with E-state index >= 15 is 0 Å². The van der Waals surface area contributed by atoms with Crippen LogP contribution in [0.5, 0.6) is 0 Å². The van der Waals surface area contributed by atoms with Gasteiger partial charge in [-0.2, -0.15) is 0 Å². The summed E-state index contributed by atoms with van der Waals surface area (Å²) in [6, 6.07) is 0. The number of nitrogens with one attached hydrogen (secondary N) is 1. The van der Waals surface area contributed by atoms with Crippen LogP contribution in [0.4, 0.5) is 0 Å². The lowest BCUT2D eigenvalue weighted by Crippen LogP contribution is -2.50. The molecular weight excluding hydrogens is 338 g/mol. The first-order chi connectivity index (χ1) is 12.9. The Bertz CT molecular complexity index is 424. The molecule has 1 aliphatic rings. The number of likely N-dealkylation sites (tertiary alicyclic amines) is 1. The maximum absolute atomic E-state index is 11.9. The van der Waals surface area contributed by atoms with Gasteiger partial charge in [-0.05, 0) is 12.8 Å². The molecule has 0 bridgehead atoms. The van der Waals surface area contributed by atoms with Crippen molar-refractivity contribution in [1.29, 1.82) is 0 Å². The highest BCUT2D eigenvalue weighted by molar-refractivity contribution is 5.77. The zero-order chi connectivity index (χ0) is 20.0. The third-order valence-electron chi connectivity index (χ3n) is 5.49. The first kappa shape index (κ1) is 23.9. The van der Waals surface area contributed by atoms with E-state index in [9.17, 15) is 9.59 Å². The summed E-state index contributed by atoms with van der Waals surface area (Å²) in [5.41, 5.74) is 0. The fourth-order valence-electron chi connectivity index (χ4n) is 3.81. The summed E-state index contributed by atoms with van der Waals surface area (Å²) in [6.45, 7) is 5.65. The van der Waals surface area contributed by atoms with E-state index in [2.05, 4.69) is 26.3 Å². The molecule has 1 heterocycles. The van der Waals surface area contributed by atoms with Crippen LogP contribution in [0.1, 0.15) is 90.4 Å². The molecule has 1 saturated heterocycles. The van der Waals surface area contributed by atoms with Gasteiger partial charge in [0.1, 0.15) is 0 Å². The molecular formula is C22H44N3O2+. The van der Waals surface area contributed by atoms with Crippen molar-refractivity contribution in [3.8, 4) is 0 Å². The van der Waals surface area contributed by atoms with Gasteiger partial charge >= 0.3 is 0 Å². The van der Waals surface area contributed by atoms with E-state index < -0.39 is 0 Å². The lowest BCUT2D eigenvalue weighted by atomic mass is 10.1. The molecule has 5 heteroatoms. The van der Waals surface area contributed by atoms with Gasteiger partial charge in [-0.25, -0.2) is 0 Å². The van der Waals surface area contributed by atoms with Gasteiger partial charge in [-0.1, -0.05) is 58.3 Å². The minimum Gasteiger partial charge on any atom is -0.356 e. The fourth-order valence-corrected chi connectivity index (χ4v) is 3.81. The maximum Gasteiger partial charge on any atom is 0.226 e. The average molecular weight is 383 g/mol. The first-order valence-electron chi connectivity index (χ1n) is 11.3. The van der Waals surface area contributed by atoms with E-state index in [1.165, 1.54) is 51.4 Å². The summed E-state index contributed by atoms with van der Waals surface area (Å²) in [5, 5.41) is 3.05. The Morgan fingerprint density at radius 3 is 2.22 bits per heavy atom. The van der Waals surface area contributed by atoms with Crippen molar-refractivity contribution >= 4 is 11.8 Å². The number of carbonyl (C=O) groups is 2. The number of hydrogen-bond acceptors (Lipinski definition) is 2. The average Bonchev–Trinajstić information content (AvgIpc) is 3.01. The lowest BCUT2D eigenvalue weighted by molar-refractivity contribution is -0.898. The molecule has 0 aliphatic carbocycles. The maximum atomic E-state index is 11.9. The summed E-state index contributed by atoms with van der Waals surface area (Å²) < 4.78 is 0.805. The lowest BCUT2D eigenvalue weighted by Gasteiger charge is -2.33. The SMILES string of the molecule is CCCCCCCCCCCC(=O)NCCC[N+](C)(C)CN1CCCC1=O. The second-order valence-electron chi connectivity index (χ2n) is 8.84. The number of hydrogen-bond donors (Lipinski definition) is 1. The molecule has 27 heavy (non-hydrogen) atoms. The molecule has 158 valence electrons. The third kappa shape index (κ3) is 12.1. The Balaban J connectivity index is 1.95. The van der Waals surface area contributed by atoms with Crippen LogP contribution in [0, 0.1) is 0 Å². The van der Waals surface area contributed by atoms with E-state index in [-0.39, 0.29) is 11.8 Å². The molecule has 1 aliphatic heterocycles. The highest BCUT2D eigenvalue weighted by Crippen LogP contribution is 2.13. The number of amides is 2. The molecule has 0 radical (unpaired) electrons. The van der Waals surface area contributed by atoms with E-state index in [0.29, 0.717) is 12.8 Å². The van der Waals surface area contributed by atoms with Crippen LogP contribution < -0.4 is 5.32 Å². The van der Waals surface area contributed by atoms with Crippen LogP contribution in [0.2, 0.25) is 0 Å². The van der Waals surface area contributed by atoms with Gasteiger partial charge < -0.3 is 9.80 Å². The van der Waals surface area contributed by atoms with Crippen LogP contribution in [0.15, 0.2) is 0 Å². The Hall–Kier alpha value is -1.10. The Labute approximate surface area is 167 Å². The third-order valence-corrected chi connectivity index (χ3v) is 5.49. The predicted molar refractivity (Wildman–Crippen MR) is 112 cm³/mol. The van der Waals surface area contributed by atoms with Crippen molar-refractivity contribution < 1.29 is 14.1 Å². The van der Waals surface area contributed by atoms with E-state index in [1.54, 1.807) is 0 Å². The van der Waals surface area contributed by atoms with Crippen molar-refractivity contribution in [2.45, 2.75) is 90.4 Å². The molecule has 0 aromatic heterocycles. The molecule has 0 aromatic rings. The standard InChI is InChI=1S/C22H43N3O2/c1-4-5-6-7-8-9-10-11-12-15-21(26)23-17-14-19-25(2,3)20-24-18-13-16-22(24)27/h4-20H2,1-3H3/p+1. The Morgan fingerprint density at radius 2 is 1.63 bits per heavy atom. The van der Waals surface area contributed by atoms with Gasteiger partial charge in [-0.3, -0.25) is 14.5 Å². The summed E-state index contributed by atoms with van der Waals surface area (Å²) in [6.07, 6.45) is 14.9. The van der Waals surface area contributed by atoms with Crippen LogP contribution in [-0.4, -0.2) is 61.6 Å². The van der Waals surface area contributed by atoms with Crippen molar-refractivity contribution in [2.24, 2.45) is 0 Å². The number of nitrogens with zero attached hydrogens (tertiary/aromatic N) is 2. The van der Waals surface area contributed by atoms with Gasteiger partial charge in [0.2, 0.25) is 11.8 Å². The minimum absolute atomic E-state index is 0.193. The highest BCUT2D eigenvalue weighted by atomic mass is 16.2. The van der Waals surface area contributed by atoms with Crippen LogP contribution >= 0.6 is 0 Å². The zero-order valence-electron chi connectivity index (χ0n) is 18.2. The van der Waals surface area contributed by atoms with E-state index in [4.69, 9.17) is 0 Å². The van der Waals surface area contributed by atoms with Gasteiger partial charge in [0.05, 0.1) is 20.6 Å². The molecule has 0 unspecified atom stereocenters. The molecule has 0 saturated carbocycles. The van der Waals surface area contributed by atoms with Gasteiger partial charge in [0, 0.05) is 32.4 Å². The van der Waals surface area contributed by atoms with E-state index in [1.807, 2.05) is 4.90 Å². The highest BCUT2D eigenvalue weighted by Gasteiger charge is 2.27. The quantitative estimate of drug-likeness (QED) is 0.323. The number of unbranched alkanes of at least 4 members (excludes halogenated alkanes) is 8. The van der Waals surface area contributed by atoms with Crippen LogP contribution in [0.25, 0.3) is 0 Å². The summed E-state index contributed by atoms with van der Waals surface area (Å²) in [4.78, 5) is 25.7. The normalized spacial score (nSPS) is 14.8. The molecule has 5 nitrogen and oxygen atoms in total. The molecule has 1 fully saturated rings. The molecule has 0 aromatic carbocycles. The number of rotatable bonds is 16. The first-order valence-corrected chi connectivity index (χ1v) is 11.3. The smallest absolute Gasteiger partial charge is 0.226 e. The molecule has 0 atom stereocenters. The van der Waals surface area contributed by atoms with Crippen molar-refractivity contribution in [3.63, 3.8) is 0 Å². The zero-order valence-corrected chi connectivity index (χ0v) is 18.2. The Kier molecular flexibility index (Phi) is 12.4. The monoisotopic (exact) mass is 382 g/mol.